The summed E-state index contributed by atoms with van der Waals surface area (Å²) in [6, 6.07) is 4.82. The van der Waals surface area contributed by atoms with Crippen molar-refractivity contribution in [1.29, 1.82) is 0 Å². The average Bonchev–Trinajstić information content (AvgIpc) is 1.88. The van der Waals surface area contributed by atoms with E-state index in [0.717, 1.165) is 10.8 Å². The smallest absolute Gasteiger partial charge is 0.213 e. The highest BCUT2D eigenvalue weighted by molar-refractivity contribution is 7.99. The first-order valence-corrected chi connectivity index (χ1v) is 4.07. The van der Waals surface area contributed by atoms with Crippen molar-refractivity contribution < 1.29 is 4.39 Å². The molecule has 0 atom stereocenters. The Kier molecular flexibility index (Phi) is 2.68. The van der Waals surface area contributed by atoms with Crippen LogP contribution in [0.5, 0.6) is 0 Å². The topological polar surface area (TPSA) is 12.9 Å². The Bertz CT molecular complexity index is 215. The summed E-state index contributed by atoms with van der Waals surface area (Å²) in [5.41, 5.74) is 0. The summed E-state index contributed by atoms with van der Waals surface area (Å²) in [4.78, 5) is 3.66. The molecule has 0 fully saturated rings. The van der Waals surface area contributed by atoms with Gasteiger partial charge in [0.05, 0.1) is 5.03 Å². The highest BCUT2D eigenvalue weighted by Gasteiger charge is 1.93. The average molecular weight is 157 g/mol. The van der Waals surface area contributed by atoms with Crippen LogP contribution in [0.2, 0.25) is 0 Å². The number of pyridine rings is 1. The van der Waals surface area contributed by atoms with Crippen LogP contribution < -0.4 is 0 Å². The molecule has 1 heterocycles. The molecule has 0 spiro atoms. The first-order chi connectivity index (χ1) is 4.83. The van der Waals surface area contributed by atoms with Crippen molar-refractivity contribution in [3.05, 3.63) is 24.1 Å². The second kappa shape index (κ2) is 3.56. The predicted octanol–water partition coefficient (Wildman–Crippen LogP) is 2.33. The van der Waals surface area contributed by atoms with E-state index in [2.05, 4.69) is 4.98 Å². The maximum atomic E-state index is 12.4. The first-order valence-electron chi connectivity index (χ1n) is 3.08. The largest absolute Gasteiger partial charge is 0.213 e. The van der Waals surface area contributed by atoms with E-state index in [4.69, 9.17) is 0 Å². The quantitative estimate of drug-likeness (QED) is 0.482. The molecule has 54 valence electrons. The standard InChI is InChI=1S/C7H8FNS/c1-2-10-7-5-3-4-6(8)9-7/h3-5H,2H2,1H3. The molecule has 0 bridgehead atoms. The fourth-order valence-corrected chi connectivity index (χ4v) is 1.24. The summed E-state index contributed by atoms with van der Waals surface area (Å²) in [5, 5.41) is 0.752. The van der Waals surface area contributed by atoms with Gasteiger partial charge >= 0.3 is 0 Å². The maximum absolute atomic E-state index is 12.4. The lowest BCUT2D eigenvalue weighted by atomic mass is 10.5. The normalized spacial score (nSPS) is 9.80. The minimum atomic E-state index is -0.404. The van der Waals surface area contributed by atoms with Crippen molar-refractivity contribution in [2.45, 2.75) is 11.9 Å². The van der Waals surface area contributed by atoms with Crippen molar-refractivity contribution in [2.75, 3.05) is 5.75 Å². The molecular weight excluding hydrogens is 149 g/mol. The lowest BCUT2D eigenvalue weighted by molar-refractivity contribution is 0.572. The van der Waals surface area contributed by atoms with Crippen molar-refractivity contribution >= 4 is 11.8 Å². The van der Waals surface area contributed by atoms with Gasteiger partial charge in [0, 0.05) is 0 Å². The van der Waals surface area contributed by atoms with E-state index in [1.165, 1.54) is 17.8 Å². The zero-order valence-corrected chi connectivity index (χ0v) is 6.49. The van der Waals surface area contributed by atoms with Crippen LogP contribution >= 0.6 is 11.8 Å². The first kappa shape index (κ1) is 7.54. The van der Waals surface area contributed by atoms with Crippen LogP contribution in [0.15, 0.2) is 23.2 Å². The molecule has 0 amide bonds. The summed E-state index contributed by atoms with van der Waals surface area (Å²) >= 11 is 1.54. The zero-order valence-electron chi connectivity index (χ0n) is 5.67. The van der Waals surface area contributed by atoms with E-state index in [1.807, 2.05) is 6.92 Å². The molecule has 1 rings (SSSR count). The van der Waals surface area contributed by atoms with Gasteiger partial charge in [0.15, 0.2) is 0 Å². The van der Waals surface area contributed by atoms with E-state index in [1.54, 1.807) is 12.1 Å². The molecule has 0 N–H and O–H groups in total. The van der Waals surface area contributed by atoms with Crippen LogP contribution in [0.1, 0.15) is 6.92 Å². The summed E-state index contributed by atoms with van der Waals surface area (Å²) in [6.07, 6.45) is 0. The van der Waals surface area contributed by atoms with Crippen LogP contribution in [-0.4, -0.2) is 10.7 Å². The highest BCUT2D eigenvalue weighted by Crippen LogP contribution is 2.13. The molecule has 0 aromatic carbocycles. The molecule has 1 nitrogen and oxygen atoms in total. The summed E-state index contributed by atoms with van der Waals surface area (Å²) in [7, 11) is 0. The van der Waals surface area contributed by atoms with Gasteiger partial charge in [-0.1, -0.05) is 13.0 Å². The van der Waals surface area contributed by atoms with Crippen LogP contribution in [0, 0.1) is 5.95 Å². The second-order valence-corrected chi connectivity index (χ2v) is 3.02. The molecule has 0 aliphatic carbocycles. The number of hydrogen-bond donors (Lipinski definition) is 0. The number of hydrogen-bond acceptors (Lipinski definition) is 2. The lowest BCUT2D eigenvalue weighted by Gasteiger charge is -1.94. The SMILES string of the molecule is CCSc1cccc(F)n1. The number of thioether (sulfide) groups is 1. The molecule has 0 unspecified atom stereocenters. The Morgan fingerprint density at radius 1 is 1.60 bits per heavy atom. The van der Waals surface area contributed by atoms with Crippen LogP contribution in [0.4, 0.5) is 4.39 Å². The van der Waals surface area contributed by atoms with Gasteiger partial charge in [0.2, 0.25) is 5.95 Å². The van der Waals surface area contributed by atoms with E-state index in [9.17, 15) is 4.39 Å². The Labute approximate surface area is 63.7 Å². The van der Waals surface area contributed by atoms with E-state index in [-0.39, 0.29) is 0 Å². The van der Waals surface area contributed by atoms with Crippen LogP contribution in [-0.2, 0) is 0 Å². The van der Waals surface area contributed by atoms with Gasteiger partial charge < -0.3 is 0 Å². The van der Waals surface area contributed by atoms with Gasteiger partial charge in [-0.25, -0.2) is 4.98 Å². The minimum absolute atomic E-state index is 0.404. The molecule has 0 radical (unpaired) electrons. The van der Waals surface area contributed by atoms with Gasteiger partial charge in [-0.05, 0) is 17.9 Å². The molecular formula is C7H8FNS. The maximum Gasteiger partial charge on any atom is 0.213 e. The summed E-state index contributed by atoms with van der Waals surface area (Å²) in [5.74, 6) is 0.523. The zero-order chi connectivity index (χ0) is 7.40. The van der Waals surface area contributed by atoms with E-state index >= 15 is 0 Å². The van der Waals surface area contributed by atoms with Crippen LogP contribution in [0.3, 0.4) is 0 Å². The number of aromatic nitrogens is 1. The molecule has 0 aliphatic heterocycles. The minimum Gasteiger partial charge on any atom is -0.213 e. The lowest BCUT2D eigenvalue weighted by Crippen LogP contribution is -1.83. The monoisotopic (exact) mass is 157 g/mol. The Balaban J connectivity index is 2.75. The number of nitrogens with zero attached hydrogens (tertiary/aromatic N) is 1. The third-order valence-electron chi connectivity index (χ3n) is 0.982. The van der Waals surface area contributed by atoms with Crippen molar-refractivity contribution in [3.63, 3.8) is 0 Å². The Hall–Kier alpha value is -0.570. The summed E-state index contributed by atoms with van der Waals surface area (Å²) in [6.45, 7) is 2.01. The van der Waals surface area contributed by atoms with Gasteiger partial charge in [-0.2, -0.15) is 4.39 Å². The Morgan fingerprint density at radius 3 is 3.00 bits per heavy atom. The fraction of sp³-hybridized carbons (Fsp3) is 0.286. The van der Waals surface area contributed by atoms with E-state index < -0.39 is 5.95 Å². The van der Waals surface area contributed by atoms with Crippen LogP contribution in [0.25, 0.3) is 0 Å². The second-order valence-electron chi connectivity index (χ2n) is 1.73. The van der Waals surface area contributed by atoms with Crippen molar-refractivity contribution in [3.8, 4) is 0 Å². The molecule has 1 aromatic rings. The third-order valence-corrected chi connectivity index (χ3v) is 1.79. The van der Waals surface area contributed by atoms with E-state index in [0.29, 0.717) is 0 Å². The van der Waals surface area contributed by atoms with Gasteiger partial charge in [-0.15, -0.1) is 11.8 Å². The third kappa shape index (κ3) is 1.99. The predicted molar refractivity (Wildman–Crippen MR) is 40.6 cm³/mol. The molecule has 10 heavy (non-hydrogen) atoms. The fourth-order valence-electron chi connectivity index (χ4n) is 0.618. The number of halogens is 1. The summed E-state index contributed by atoms with van der Waals surface area (Å²) < 4.78 is 12.4. The van der Waals surface area contributed by atoms with Gasteiger partial charge in [0.25, 0.3) is 0 Å². The van der Waals surface area contributed by atoms with Crippen molar-refractivity contribution in [2.24, 2.45) is 0 Å². The van der Waals surface area contributed by atoms with Gasteiger partial charge in [0.1, 0.15) is 0 Å². The molecule has 0 saturated heterocycles. The van der Waals surface area contributed by atoms with Crippen molar-refractivity contribution in [1.82, 2.24) is 4.98 Å². The Morgan fingerprint density at radius 2 is 2.40 bits per heavy atom. The molecule has 3 heteroatoms. The number of rotatable bonds is 2. The molecule has 0 saturated carbocycles. The highest BCUT2D eigenvalue weighted by atomic mass is 32.2. The van der Waals surface area contributed by atoms with Gasteiger partial charge in [-0.3, -0.25) is 0 Å². The molecule has 1 aromatic heterocycles. The molecule has 0 aliphatic rings.